The highest BCUT2D eigenvalue weighted by Gasteiger charge is 2.21. The third-order valence-electron chi connectivity index (χ3n) is 3.50. The summed E-state index contributed by atoms with van der Waals surface area (Å²) in [5.74, 6) is -0.347. The molecule has 1 aromatic heterocycles. The minimum absolute atomic E-state index is 0.0613. The van der Waals surface area contributed by atoms with Crippen LogP contribution in [0.3, 0.4) is 0 Å². The molecular weight excluding hydrogens is 300 g/mol. The number of aromatic nitrogens is 1. The van der Waals surface area contributed by atoms with Crippen LogP contribution in [0.15, 0.2) is 0 Å². The summed E-state index contributed by atoms with van der Waals surface area (Å²) in [6.07, 6.45) is 4.16. The molecule has 0 atom stereocenters. The van der Waals surface area contributed by atoms with Crippen molar-refractivity contribution in [3.8, 4) is 0 Å². The molecule has 0 unspecified atom stereocenters. The van der Waals surface area contributed by atoms with E-state index in [9.17, 15) is 13.2 Å². The zero-order valence-electron chi connectivity index (χ0n) is 11.3. The van der Waals surface area contributed by atoms with Crippen molar-refractivity contribution in [2.45, 2.75) is 39.2 Å². The molecule has 1 aliphatic carbocycles. The average Bonchev–Trinajstić information content (AvgIpc) is 2.66. The molecule has 1 aromatic rings. The fraction of sp³-hybridized carbons (Fsp3) is 0.667. The van der Waals surface area contributed by atoms with Gasteiger partial charge in [0.15, 0.2) is 0 Å². The molecule has 0 spiro atoms. The largest absolute Gasteiger partial charge is 0.477 e. The minimum atomic E-state index is -3.31. The van der Waals surface area contributed by atoms with Gasteiger partial charge >= 0.3 is 5.97 Å². The van der Waals surface area contributed by atoms with Crippen molar-refractivity contribution < 1.29 is 18.3 Å². The fourth-order valence-electron chi connectivity index (χ4n) is 2.07. The summed E-state index contributed by atoms with van der Waals surface area (Å²) >= 11 is 1.01. The third kappa shape index (κ3) is 4.00. The highest BCUT2D eigenvalue weighted by Crippen LogP contribution is 2.29. The predicted molar refractivity (Wildman–Crippen MR) is 76.4 cm³/mol. The van der Waals surface area contributed by atoms with Gasteiger partial charge in [-0.25, -0.2) is 22.9 Å². The number of nitrogens with zero attached hydrogens (tertiary/aromatic N) is 1. The summed E-state index contributed by atoms with van der Waals surface area (Å²) in [6, 6.07) is 0. The zero-order chi connectivity index (χ0) is 14.8. The van der Waals surface area contributed by atoms with E-state index in [2.05, 4.69) is 9.71 Å². The maximum absolute atomic E-state index is 11.8. The maximum atomic E-state index is 11.8. The summed E-state index contributed by atoms with van der Waals surface area (Å²) in [7, 11) is -3.31. The molecule has 112 valence electrons. The van der Waals surface area contributed by atoms with E-state index in [4.69, 9.17) is 5.11 Å². The topological polar surface area (TPSA) is 96.4 Å². The molecule has 1 heterocycles. The van der Waals surface area contributed by atoms with Crippen molar-refractivity contribution >= 4 is 27.3 Å². The summed E-state index contributed by atoms with van der Waals surface area (Å²) in [6.45, 7) is 1.67. The Hall–Kier alpha value is -0.990. The van der Waals surface area contributed by atoms with Gasteiger partial charge in [0, 0.05) is 0 Å². The number of aryl methyl sites for hydroxylation is 1. The van der Waals surface area contributed by atoms with Crippen LogP contribution in [0.2, 0.25) is 0 Å². The van der Waals surface area contributed by atoms with Crippen molar-refractivity contribution in [3.05, 3.63) is 15.6 Å². The smallest absolute Gasteiger partial charge is 0.347 e. The first-order chi connectivity index (χ1) is 9.37. The molecule has 0 aliphatic heterocycles. The highest BCUT2D eigenvalue weighted by atomic mass is 32.2. The second kappa shape index (κ2) is 6.19. The molecule has 2 rings (SSSR count). The summed E-state index contributed by atoms with van der Waals surface area (Å²) in [5.41, 5.74) is 0.422. The average molecular weight is 318 g/mol. The van der Waals surface area contributed by atoms with Gasteiger partial charge in [-0.1, -0.05) is 19.3 Å². The van der Waals surface area contributed by atoms with E-state index in [-0.39, 0.29) is 17.2 Å². The van der Waals surface area contributed by atoms with E-state index in [1.54, 1.807) is 6.92 Å². The Morgan fingerprint density at radius 2 is 2.20 bits per heavy atom. The number of carbonyl (C=O) groups is 1. The second-order valence-electron chi connectivity index (χ2n) is 5.05. The van der Waals surface area contributed by atoms with Crippen LogP contribution in [-0.4, -0.2) is 30.2 Å². The molecule has 0 radical (unpaired) electrons. The lowest BCUT2D eigenvalue weighted by molar-refractivity contribution is 0.0701. The van der Waals surface area contributed by atoms with Gasteiger partial charge in [0.05, 0.1) is 18.0 Å². The lowest BCUT2D eigenvalue weighted by Crippen LogP contribution is -2.28. The quantitative estimate of drug-likeness (QED) is 0.798. The first-order valence-electron chi connectivity index (χ1n) is 6.54. The third-order valence-corrected chi connectivity index (χ3v) is 6.00. The molecule has 2 N–H and O–H groups in total. The molecule has 1 fully saturated rings. The SMILES string of the molecule is Cc1nc(CNS(=O)(=O)CCC2CCC2)sc1C(=O)O. The molecular formula is C12H18N2O4S2. The Labute approximate surface area is 122 Å². The molecule has 0 saturated heterocycles. The second-order valence-corrected chi connectivity index (χ2v) is 8.06. The summed E-state index contributed by atoms with van der Waals surface area (Å²) in [4.78, 5) is 15.1. The van der Waals surface area contributed by atoms with Gasteiger partial charge < -0.3 is 5.11 Å². The Kier molecular flexibility index (Phi) is 4.77. The number of nitrogens with one attached hydrogen (secondary N) is 1. The van der Waals surface area contributed by atoms with Gasteiger partial charge in [0.1, 0.15) is 9.88 Å². The monoisotopic (exact) mass is 318 g/mol. The minimum Gasteiger partial charge on any atom is -0.477 e. The number of aromatic carboxylic acids is 1. The Balaban J connectivity index is 1.86. The lowest BCUT2D eigenvalue weighted by Gasteiger charge is -2.24. The predicted octanol–water partition coefficient (Wildman–Crippen LogP) is 1.76. The Bertz CT molecular complexity index is 591. The van der Waals surface area contributed by atoms with Crippen molar-refractivity contribution in [3.63, 3.8) is 0 Å². The van der Waals surface area contributed by atoms with Gasteiger partial charge in [-0.3, -0.25) is 0 Å². The van der Waals surface area contributed by atoms with Crippen molar-refractivity contribution in [1.82, 2.24) is 9.71 Å². The number of hydrogen-bond donors (Lipinski definition) is 2. The summed E-state index contributed by atoms with van der Waals surface area (Å²) < 4.78 is 26.1. The van der Waals surface area contributed by atoms with E-state index >= 15 is 0 Å². The van der Waals surface area contributed by atoms with Gasteiger partial charge in [-0.15, -0.1) is 11.3 Å². The molecule has 1 aliphatic rings. The summed E-state index contributed by atoms with van der Waals surface area (Å²) in [5, 5.41) is 9.40. The van der Waals surface area contributed by atoms with Crippen LogP contribution in [0.1, 0.15) is 46.1 Å². The molecule has 1 saturated carbocycles. The fourth-order valence-corrected chi connectivity index (χ4v) is 4.15. The number of carboxylic acid groups (broad SMARTS) is 1. The number of thiazole rings is 1. The standard InChI is InChI=1S/C12H18N2O4S2/c1-8-11(12(15)16)19-10(14-8)7-13-20(17,18)6-5-9-3-2-4-9/h9,13H,2-7H2,1H3,(H,15,16). The Morgan fingerprint density at radius 1 is 1.50 bits per heavy atom. The van der Waals surface area contributed by atoms with Crippen molar-refractivity contribution in [2.75, 3.05) is 5.75 Å². The van der Waals surface area contributed by atoms with Crippen LogP contribution in [0, 0.1) is 12.8 Å². The van der Waals surface area contributed by atoms with E-state index in [0.29, 0.717) is 23.0 Å². The van der Waals surface area contributed by atoms with Crippen molar-refractivity contribution in [2.24, 2.45) is 5.92 Å². The molecule has 0 aromatic carbocycles. The molecule has 20 heavy (non-hydrogen) atoms. The maximum Gasteiger partial charge on any atom is 0.347 e. The number of hydrogen-bond acceptors (Lipinski definition) is 5. The van der Waals surface area contributed by atoms with Crippen LogP contribution in [0.5, 0.6) is 0 Å². The van der Waals surface area contributed by atoms with Gasteiger partial charge in [0.25, 0.3) is 0 Å². The van der Waals surface area contributed by atoms with Crippen LogP contribution >= 0.6 is 11.3 Å². The van der Waals surface area contributed by atoms with E-state index in [1.807, 2.05) is 0 Å². The van der Waals surface area contributed by atoms with Gasteiger partial charge in [0.2, 0.25) is 10.0 Å². The van der Waals surface area contributed by atoms with Crippen LogP contribution in [0.25, 0.3) is 0 Å². The molecule has 8 heteroatoms. The van der Waals surface area contributed by atoms with Crippen molar-refractivity contribution in [1.29, 1.82) is 0 Å². The first kappa shape index (κ1) is 15.4. The van der Waals surface area contributed by atoms with E-state index in [1.165, 1.54) is 6.42 Å². The van der Waals surface area contributed by atoms with Crippen LogP contribution in [-0.2, 0) is 16.6 Å². The number of sulfonamides is 1. The van der Waals surface area contributed by atoms with Crippen LogP contribution in [0.4, 0.5) is 0 Å². The number of rotatable bonds is 7. The zero-order valence-corrected chi connectivity index (χ0v) is 12.9. The molecule has 0 bridgehead atoms. The van der Waals surface area contributed by atoms with Crippen LogP contribution < -0.4 is 4.72 Å². The van der Waals surface area contributed by atoms with Gasteiger partial charge in [-0.05, 0) is 19.3 Å². The molecule has 0 amide bonds. The lowest BCUT2D eigenvalue weighted by atomic mass is 9.84. The first-order valence-corrected chi connectivity index (χ1v) is 9.01. The van der Waals surface area contributed by atoms with E-state index < -0.39 is 16.0 Å². The van der Waals surface area contributed by atoms with Gasteiger partial charge in [-0.2, -0.15) is 0 Å². The molecule has 6 nitrogen and oxygen atoms in total. The van der Waals surface area contributed by atoms with E-state index in [0.717, 1.165) is 24.2 Å². The highest BCUT2D eigenvalue weighted by molar-refractivity contribution is 7.89. The Morgan fingerprint density at radius 3 is 2.70 bits per heavy atom. The number of carboxylic acids is 1. The normalized spacial score (nSPS) is 16.1.